The molecule has 1 aliphatic rings. The summed E-state index contributed by atoms with van der Waals surface area (Å²) in [6, 6.07) is 10.0. The van der Waals surface area contributed by atoms with Gasteiger partial charge in [0.1, 0.15) is 34.5 Å². The van der Waals surface area contributed by atoms with Crippen LogP contribution in [-0.4, -0.2) is 149 Å². The number of hydrogen-bond acceptors (Lipinski definition) is 16. The topological polar surface area (TPSA) is 156 Å². The van der Waals surface area contributed by atoms with E-state index in [1.54, 1.807) is 79.1 Å². The third-order valence-corrected chi connectivity index (χ3v) is 9.91. The van der Waals surface area contributed by atoms with E-state index in [9.17, 15) is 14.4 Å². The zero-order chi connectivity index (χ0) is 41.5. The largest absolute Gasteiger partial charge is 0.496 e. The van der Waals surface area contributed by atoms with Gasteiger partial charge in [0.05, 0.1) is 97.4 Å². The first kappa shape index (κ1) is 44.4. The van der Waals surface area contributed by atoms with Crippen molar-refractivity contribution in [3.05, 3.63) is 69.8 Å². The third-order valence-electron chi connectivity index (χ3n) is 9.91. The normalized spacial score (nSPS) is 14.7. The van der Waals surface area contributed by atoms with Gasteiger partial charge in [-0.2, -0.15) is 0 Å². The third kappa shape index (κ3) is 11.4. The van der Waals surface area contributed by atoms with Gasteiger partial charge in [-0.3, -0.25) is 14.7 Å². The van der Waals surface area contributed by atoms with Crippen LogP contribution in [0.1, 0.15) is 47.8 Å². The number of benzene rings is 3. The fourth-order valence-electron chi connectivity index (χ4n) is 6.77. The first-order valence-corrected chi connectivity index (χ1v) is 18.5. The van der Waals surface area contributed by atoms with Crippen LogP contribution in [0.3, 0.4) is 0 Å². The maximum atomic E-state index is 12.5. The van der Waals surface area contributed by atoms with E-state index in [1.807, 2.05) is 0 Å². The molecule has 0 aromatic heterocycles. The second kappa shape index (κ2) is 21.9. The summed E-state index contributed by atoms with van der Waals surface area (Å²) in [5.74, 6) is 1.61. The molecule has 1 heterocycles. The Morgan fingerprint density at radius 2 is 0.649 bits per heavy atom. The average Bonchev–Trinajstić information content (AvgIpc) is 3.24. The minimum Gasteiger partial charge on any atom is -0.496 e. The van der Waals surface area contributed by atoms with Gasteiger partial charge in [-0.25, -0.2) is 14.4 Å². The lowest BCUT2D eigenvalue weighted by molar-refractivity contribution is 0.0591. The highest BCUT2D eigenvalue weighted by Gasteiger charge is 2.25. The SMILES string of the molecule is COC(=O)c1cc(OC)c(CN2CCNCCN(Cc3c(OC)cc(C(=O)OC)cc3OC)CCN(Cc3c(OC)cc(C(=O)OC)cc3OC)CC2)c(OC)c1. The van der Waals surface area contributed by atoms with Crippen LogP contribution < -0.4 is 33.7 Å². The van der Waals surface area contributed by atoms with Crippen molar-refractivity contribution in [3.8, 4) is 34.5 Å². The highest BCUT2D eigenvalue weighted by molar-refractivity contribution is 5.92. The molecule has 0 amide bonds. The zero-order valence-corrected chi connectivity index (χ0v) is 34.5. The van der Waals surface area contributed by atoms with Gasteiger partial charge in [0.15, 0.2) is 0 Å². The molecule has 0 bridgehead atoms. The standard InChI is InChI=1S/C41H56N4O12/c1-49-33-18-27(39(46)55-7)19-34(50-2)30(33)24-43-12-10-42-11-13-44(25-31-35(51-3)20-28(40(47)56-8)21-36(31)52-4)15-17-45(16-14-43)26-32-37(53-5)22-29(41(48)57-9)23-38(32)54-6/h18-23,42H,10-17,24-26H2,1-9H3. The van der Waals surface area contributed by atoms with Gasteiger partial charge >= 0.3 is 17.9 Å². The van der Waals surface area contributed by atoms with E-state index in [4.69, 9.17) is 42.6 Å². The van der Waals surface area contributed by atoms with E-state index in [0.717, 1.165) is 16.7 Å². The molecule has 16 nitrogen and oxygen atoms in total. The summed E-state index contributed by atoms with van der Waals surface area (Å²) in [4.78, 5) is 44.3. The van der Waals surface area contributed by atoms with Crippen LogP contribution in [0, 0.1) is 0 Å². The molecule has 1 aliphatic heterocycles. The monoisotopic (exact) mass is 796 g/mol. The number of rotatable bonds is 15. The van der Waals surface area contributed by atoms with Crippen LogP contribution in [0.2, 0.25) is 0 Å². The van der Waals surface area contributed by atoms with Gasteiger partial charge in [0, 0.05) is 72.0 Å². The molecule has 0 unspecified atom stereocenters. The Balaban J connectivity index is 1.70. The summed E-state index contributed by atoms with van der Waals surface area (Å²) in [7, 11) is 13.4. The molecule has 1 saturated heterocycles. The van der Waals surface area contributed by atoms with Crippen LogP contribution in [0.4, 0.5) is 0 Å². The molecule has 4 rings (SSSR count). The molecular formula is C41H56N4O12. The molecule has 1 N–H and O–H groups in total. The predicted octanol–water partition coefficient (Wildman–Crippen LogP) is 3.51. The van der Waals surface area contributed by atoms with Crippen LogP contribution in [-0.2, 0) is 33.8 Å². The summed E-state index contributed by atoms with van der Waals surface area (Å²) >= 11 is 0. The predicted molar refractivity (Wildman–Crippen MR) is 211 cm³/mol. The molecular weight excluding hydrogens is 740 g/mol. The van der Waals surface area contributed by atoms with E-state index in [0.29, 0.717) is 123 Å². The van der Waals surface area contributed by atoms with E-state index in [-0.39, 0.29) is 0 Å². The van der Waals surface area contributed by atoms with Gasteiger partial charge < -0.3 is 47.9 Å². The maximum Gasteiger partial charge on any atom is 0.338 e. The fraction of sp³-hybridized carbons (Fsp3) is 0.488. The molecule has 1 fully saturated rings. The minimum absolute atomic E-state index is 0.315. The van der Waals surface area contributed by atoms with Crippen LogP contribution >= 0.6 is 0 Å². The van der Waals surface area contributed by atoms with E-state index in [1.165, 1.54) is 21.3 Å². The summed E-state index contributed by atoms with van der Waals surface area (Å²) in [6.45, 7) is 6.72. The lowest BCUT2D eigenvalue weighted by atomic mass is 10.1. The number of hydrogen-bond donors (Lipinski definition) is 1. The average molecular weight is 797 g/mol. The van der Waals surface area contributed by atoms with Gasteiger partial charge in [-0.15, -0.1) is 0 Å². The summed E-state index contributed by atoms with van der Waals surface area (Å²) < 4.78 is 49.5. The highest BCUT2D eigenvalue weighted by atomic mass is 16.5. The molecule has 0 spiro atoms. The van der Waals surface area contributed by atoms with E-state index >= 15 is 0 Å². The maximum absolute atomic E-state index is 12.5. The van der Waals surface area contributed by atoms with Crippen LogP contribution in [0.15, 0.2) is 36.4 Å². The smallest absolute Gasteiger partial charge is 0.338 e. The van der Waals surface area contributed by atoms with Crippen molar-refractivity contribution in [1.29, 1.82) is 0 Å². The van der Waals surface area contributed by atoms with Crippen molar-refractivity contribution in [2.75, 3.05) is 116 Å². The van der Waals surface area contributed by atoms with Crippen molar-refractivity contribution >= 4 is 17.9 Å². The van der Waals surface area contributed by atoms with Crippen molar-refractivity contribution in [1.82, 2.24) is 20.0 Å². The number of methoxy groups -OCH3 is 9. The van der Waals surface area contributed by atoms with Gasteiger partial charge in [-0.1, -0.05) is 0 Å². The molecule has 0 saturated carbocycles. The number of nitrogens with one attached hydrogen (secondary N) is 1. The quantitative estimate of drug-likeness (QED) is 0.176. The molecule has 0 atom stereocenters. The Hall–Kier alpha value is -5.29. The van der Waals surface area contributed by atoms with E-state index in [2.05, 4.69) is 20.0 Å². The second-order valence-electron chi connectivity index (χ2n) is 13.1. The molecule has 3 aromatic carbocycles. The van der Waals surface area contributed by atoms with Gasteiger partial charge in [0.2, 0.25) is 0 Å². The van der Waals surface area contributed by atoms with Crippen molar-refractivity contribution < 1.29 is 57.0 Å². The van der Waals surface area contributed by atoms with Crippen molar-refractivity contribution in [2.45, 2.75) is 19.6 Å². The molecule has 16 heteroatoms. The van der Waals surface area contributed by atoms with Crippen molar-refractivity contribution in [3.63, 3.8) is 0 Å². The number of ether oxygens (including phenoxy) is 9. The number of carbonyl (C=O) groups is 3. The Morgan fingerprint density at radius 3 is 0.860 bits per heavy atom. The highest BCUT2D eigenvalue weighted by Crippen LogP contribution is 2.35. The summed E-state index contributed by atoms with van der Waals surface area (Å²) in [5.41, 5.74) is 3.37. The van der Waals surface area contributed by atoms with Gasteiger partial charge in [-0.05, 0) is 36.4 Å². The van der Waals surface area contributed by atoms with Crippen LogP contribution in [0.25, 0.3) is 0 Å². The second-order valence-corrected chi connectivity index (χ2v) is 13.1. The number of carbonyl (C=O) groups excluding carboxylic acids is 3. The lowest BCUT2D eigenvalue weighted by Crippen LogP contribution is -2.44. The first-order chi connectivity index (χ1) is 27.6. The fourth-order valence-corrected chi connectivity index (χ4v) is 6.77. The Labute approximate surface area is 334 Å². The molecule has 0 radical (unpaired) electrons. The molecule has 57 heavy (non-hydrogen) atoms. The molecule has 3 aromatic rings. The Bertz CT molecular complexity index is 1670. The van der Waals surface area contributed by atoms with Crippen molar-refractivity contribution in [2.24, 2.45) is 0 Å². The summed E-state index contributed by atoms with van der Waals surface area (Å²) in [5, 5.41) is 3.60. The number of esters is 3. The van der Waals surface area contributed by atoms with E-state index < -0.39 is 17.9 Å². The Kier molecular flexibility index (Phi) is 17.0. The molecule has 0 aliphatic carbocycles. The number of nitrogens with zero attached hydrogens (tertiary/aromatic N) is 3. The molecule has 312 valence electrons. The lowest BCUT2D eigenvalue weighted by Gasteiger charge is -2.33. The summed E-state index contributed by atoms with van der Waals surface area (Å²) in [6.07, 6.45) is 0. The minimum atomic E-state index is -0.500. The van der Waals surface area contributed by atoms with Crippen LogP contribution in [0.5, 0.6) is 34.5 Å². The Morgan fingerprint density at radius 1 is 0.421 bits per heavy atom. The zero-order valence-electron chi connectivity index (χ0n) is 34.5. The van der Waals surface area contributed by atoms with Gasteiger partial charge in [0.25, 0.3) is 0 Å². The first-order valence-electron chi connectivity index (χ1n) is 18.5.